The van der Waals surface area contributed by atoms with E-state index in [1.54, 1.807) is 18.3 Å². The van der Waals surface area contributed by atoms with Gasteiger partial charge in [0, 0.05) is 29.5 Å². The largest absolute Gasteiger partial charge is 0.396 e. The monoisotopic (exact) mass is 332 g/mol. The fraction of sp³-hybridized carbons (Fsp3) is 0.417. The van der Waals surface area contributed by atoms with E-state index in [0.29, 0.717) is 12.8 Å². The standard InChI is InChI=1S/C12H16N2O3S3/c1-2-10(12-13-6-8-18-12)14-20(16,17)11-4-3-9(19-11)5-7-15/h3-4,6,8,10,14-15H,2,5,7H2,1H3. The van der Waals surface area contributed by atoms with Crippen LogP contribution in [0.15, 0.2) is 27.9 Å². The Kier molecular flexibility index (Phi) is 5.28. The molecule has 2 rings (SSSR count). The molecule has 20 heavy (non-hydrogen) atoms. The van der Waals surface area contributed by atoms with Gasteiger partial charge in [-0.3, -0.25) is 0 Å². The summed E-state index contributed by atoms with van der Waals surface area (Å²) in [6, 6.07) is 3.01. The first-order chi connectivity index (χ1) is 9.56. The average Bonchev–Trinajstić information content (AvgIpc) is 3.07. The Bertz CT molecular complexity index is 635. The molecule has 1 atom stereocenters. The van der Waals surface area contributed by atoms with Gasteiger partial charge in [-0.15, -0.1) is 22.7 Å². The third kappa shape index (κ3) is 3.64. The van der Waals surface area contributed by atoms with Gasteiger partial charge >= 0.3 is 0 Å². The molecule has 0 aromatic carbocycles. The number of thiazole rings is 1. The Morgan fingerprint density at radius 3 is 2.85 bits per heavy atom. The first-order valence-corrected chi connectivity index (χ1v) is 9.36. The van der Waals surface area contributed by atoms with Crippen molar-refractivity contribution in [2.24, 2.45) is 0 Å². The average molecular weight is 332 g/mol. The summed E-state index contributed by atoms with van der Waals surface area (Å²) in [7, 11) is -3.54. The first-order valence-electron chi connectivity index (χ1n) is 6.18. The fourth-order valence-electron chi connectivity index (χ4n) is 1.71. The van der Waals surface area contributed by atoms with Crippen molar-refractivity contribution in [2.45, 2.75) is 30.0 Å². The van der Waals surface area contributed by atoms with Gasteiger partial charge in [-0.2, -0.15) is 0 Å². The van der Waals surface area contributed by atoms with E-state index in [9.17, 15) is 8.42 Å². The zero-order chi connectivity index (χ0) is 14.6. The minimum absolute atomic E-state index is 0.0180. The Labute approximate surface area is 126 Å². The topological polar surface area (TPSA) is 79.3 Å². The summed E-state index contributed by atoms with van der Waals surface area (Å²) in [6.45, 7) is 1.93. The second kappa shape index (κ2) is 6.77. The van der Waals surface area contributed by atoms with Crippen LogP contribution in [0.1, 0.15) is 29.3 Å². The summed E-state index contributed by atoms with van der Waals surface area (Å²) in [5.74, 6) is 0. The van der Waals surface area contributed by atoms with Crippen molar-refractivity contribution in [3.8, 4) is 0 Å². The van der Waals surface area contributed by atoms with Gasteiger partial charge in [0.25, 0.3) is 10.0 Å². The highest BCUT2D eigenvalue weighted by Crippen LogP contribution is 2.26. The van der Waals surface area contributed by atoms with E-state index in [2.05, 4.69) is 9.71 Å². The zero-order valence-electron chi connectivity index (χ0n) is 10.9. The molecule has 1 unspecified atom stereocenters. The van der Waals surface area contributed by atoms with Crippen LogP contribution in [0, 0.1) is 0 Å². The maximum atomic E-state index is 12.3. The van der Waals surface area contributed by atoms with Gasteiger partial charge in [0.05, 0.1) is 6.04 Å². The van der Waals surface area contributed by atoms with Crippen molar-refractivity contribution in [1.29, 1.82) is 0 Å². The van der Waals surface area contributed by atoms with Crippen LogP contribution in [0.3, 0.4) is 0 Å². The third-order valence-corrected chi connectivity index (χ3v) is 6.71. The van der Waals surface area contributed by atoms with E-state index < -0.39 is 10.0 Å². The molecule has 2 aromatic rings. The molecule has 8 heteroatoms. The summed E-state index contributed by atoms with van der Waals surface area (Å²) >= 11 is 2.62. The lowest BCUT2D eigenvalue weighted by molar-refractivity contribution is 0.300. The van der Waals surface area contributed by atoms with Gasteiger partial charge in [0.2, 0.25) is 0 Å². The number of aliphatic hydroxyl groups excluding tert-OH is 1. The fourth-order valence-corrected chi connectivity index (χ4v) is 5.20. The van der Waals surface area contributed by atoms with E-state index in [0.717, 1.165) is 9.88 Å². The summed E-state index contributed by atoms with van der Waals surface area (Å²) in [4.78, 5) is 5.02. The smallest absolute Gasteiger partial charge is 0.250 e. The molecule has 0 fully saturated rings. The number of sulfonamides is 1. The van der Waals surface area contributed by atoms with Crippen LogP contribution in [0.25, 0.3) is 0 Å². The quantitative estimate of drug-likeness (QED) is 0.814. The van der Waals surface area contributed by atoms with E-state index in [-0.39, 0.29) is 16.9 Å². The van der Waals surface area contributed by atoms with E-state index in [1.807, 2.05) is 12.3 Å². The lowest BCUT2D eigenvalue weighted by atomic mass is 10.3. The Hall–Kier alpha value is -0.800. The van der Waals surface area contributed by atoms with Crippen LogP contribution in [0.4, 0.5) is 0 Å². The van der Waals surface area contributed by atoms with E-state index in [1.165, 1.54) is 22.7 Å². The second-order valence-electron chi connectivity index (χ2n) is 4.15. The first kappa shape index (κ1) is 15.6. The molecule has 0 radical (unpaired) electrons. The maximum Gasteiger partial charge on any atom is 0.250 e. The maximum absolute atomic E-state index is 12.3. The minimum Gasteiger partial charge on any atom is -0.396 e. The molecular weight excluding hydrogens is 316 g/mol. The minimum atomic E-state index is -3.54. The number of nitrogens with zero attached hydrogens (tertiary/aromatic N) is 1. The molecule has 110 valence electrons. The van der Waals surface area contributed by atoms with Crippen LogP contribution in [-0.4, -0.2) is 25.1 Å². The van der Waals surface area contributed by atoms with Crippen molar-refractivity contribution < 1.29 is 13.5 Å². The molecule has 0 saturated carbocycles. The van der Waals surface area contributed by atoms with Crippen LogP contribution in [-0.2, 0) is 16.4 Å². The predicted molar refractivity (Wildman–Crippen MR) is 80.6 cm³/mol. The number of nitrogens with one attached hydrogen (secondary N) is 1. The Morgan fingerprint density at radius 1 is 1.45 bits per heavy atom. The number of aromatic nitrogens is 1. The molecule has 2 heterocycles. The van der Waals surface area contributed by atoms with Gasteiger partial charge in [-0.25, -0.2) is 18.1 Å². The van der Waals surface area contributed by atoms with E-state index in [4.69, 9.17) is 5.11 Å². The molecule has 0 aliphatic carbocycles. The van der Waals surface area contributed by atoms with Gasteiger partial charge in [-0.1, -0.05) is 6.92 Å². The molecular formula is C12H16N2O3S3. The predicted octanol–water partition coefficient (Wildman–Crippen LogP) is 2.17. The van der Waals surface area contributed by atoms with Crippen LogP contribution >= 0.6 is 22.7 Å². The summed E-state index contributed by atoms with van der Waals surface area (Å²) < 4.78 is 27.6. The van der Waals surface area contributed by atoms with Crippen molar-refractivity contribution in [3.05, 3.63) is 33.6 Å². The molecule has 2 aromatic heterocycles. The van der Waals surface area contributed by atoms with Crippen LogP contribution < -0.4 is 4.72 Å². The van der Waals surface area contributed by atoms with Gasteiger partial charge in [0.15, 0.2) is 0 Å². The summed E-state index contributed by atoms with van der Waals surface area (Å²) in [5.41, 5.74) is 0. The van der Waals surface area contributed by atoms with Gasteiger partial charge in [-0.05, 0) is 18.6 Å². The lowest BCUT2D eigenvalue weighted by Crippen LogP contribution is -2.27. The molecule has 0 aliphatic heterocycles. The van der Waals surface area contributed by atoms with Crippen molar-refractivity contribution >= 4 is 32.7 Å². The van der Waals surface area contributed by atoms with Crippen LogP contribution in [0.5, 0.6) is 0 Å². The molecule has 0 amide bonds. The normalized spacial score (nSPS) is 13.5. The molecule has 5 nitrogen and oxygen atoms in total. The summed E-state index contributed by atoms with van der Waals surface area (Å²) in [5, 5.41) is 11.5. The lowest BCUT2D eigenvalue weighted by Gasteiger charge is -2.13. The third-order valence-electron chi connectivity index (χ3n) is 2.72. The molecule has 0 saturated heterocycles. The number of rotatable bonds is 7. The van der Waals surface area contributed by atoms with Gasteiger partial charge in [0.1, 0.15) is 9.22 Å². The zero-order valence-corrected chi connectivity index (χ0v) is 13.4. The highest BCUT2D eigenvalue weighted by Gasteiger charge is 2.23. The number of hydrogen-bond donors (Lipinski definition) is 2. The number of aliphatic hydroxyl groups is 1. The molecule has 0 bridgehead atoms. The summed E-state index contributed by atoms with van der Waals surface area (Å²) in [6.07, 6.45) is 2.78. The Morgan fingerprint density at radius 2 is 2.25 bits per heavy atom. The van der Waals surface area contributed by atoms with E-state index >= 15 is 0 Å². The molecule has 2 N–H and O–H groups in total. The van der Waals surface area contributed by atoms with Crippen molar-refractivity contribution in [2.75, 3.05) is 6.61 Å². The van der Waals surface area contributed by atoms with Crippen molar-refractivity contribution in [3.63, 3.8) is 0 Å². The highest BCUT2D eigenvalue weighted by molar-refractivity contribution is 7.91. The highest BCUT2D eigenvalue weighted by atomic mass is 32.2. The molecule has 0 aliphatic rings. The van der Waals surface area contributed by atoms with Gasteiger partial charge < -0.3 is 5.11 Å². The number of thiophene rings is 1. The van der Waals surface area contributed by atoms with Crippen molar-refractivity contribution in [1.82, 2.24) is 9.71 Å². The second-order valence-corrected chi connectivity index (χ2v) is 8.18. The molecule has 0 spiro atoms. The SMILES string of the molecule is CCC(NS(=O)(=O)c1ccc(CCO)s1)c1nccs1. The van der Waals surface area contributed by atoms with Crippen LogP contribution in [0.2, 0.25) is 0 Å². The Balaban J connectivity index is 2.17. The number of hydrogen-bond acceptors (Lipinski definition) is 6.